The van der Waals surface area contributed by atoms with Crippen LogP contribution in [0.3, 0.4) is 0 Å². The third kappa shape index (κ3) is 7.61. The second-order valence-electron chi connectivity index (χ2n) is 7.48. The van der Waals surface area contributed by atoms with Crippen LogP contribution in [0.5, 0.6) is 5.75 Å². The molecule has 0 amide bonds. The van der Waals surface area contributed by atoms with Gasteiger partial charge < -0.3 is 4.74 Å². The predicted molar refractivity (Wildman–Crippen MR) is 119 cm³/mol. The molecule has 1 aromatic heterocycles. The first-order valence-electron chi connectivity index (χ1n) is 10.2. The Morgan fingerprint density at radius 3 is 2.31 bits per heavy atom. The molecule has 0 aliphatic carbocycles. The van der Waals surface area contributed by atoms with Crippen LogP contribution in [-0.4, -0.2) is 31.9 Å². The van der Waals surface area contributed by atoms with Gasteiger partial charge in [0.05, 0.1) is 9.79 Å². The van der Waals surface area contributed by atoms with E-state index in [4.69, 9.17) is 5.26 Å². The van der Waals surface area contributed by atoms with Gasteiger partial charge in [0.2, 0.25) is 16.0 Å². The van der Waals surface area contributed by atoms with Gasteiger partial charge in [-0.1, -0.05) is 12.1 Å². The summed E-state index contributed by atoms with van der Waals surface area (Å²) in [5, 5.41) is 8.95. The number of benzene rings is 2. The molecule has 35 heavy (non-hydrogen) atoms. The quantitative estimate of drug-likeness (QED) is 0.229. The van der Waals surface area contributed by atoms with Gasteiger partial charge in [-0.05, 0) is 60.4 Å². The highest BCUT2D eigenvalue weighted by atomic mass is 32.2. The molecule has 1 heterocycles. The summed E-state index contributed by atoms with van der Waals surface area (Å²) in [5.74, 6) is -1.59. The lowest BCUT2D eigenvalue weighted by Gasteiger charge is -2.11. The highest BCUT2D eigenvalue weighted by molar-refractivity contribution is 7.91. The molecular formula is C24H19F4N3O3S. The van der Waals surface area contributed by atoms with Crippen molar-refractivity contribution >= 4 is 15.5 Å². The van der Waals surface area contributed by atoms with Crippen molar-refractivity contribution in [3.8, 4) is 11.9 Å². The number of rotatable bonds is 9. The highest BCUT2D eigenvalue weighted by Gasteiger charge is 2.29. The van der Waals surface area contributed by atoms with Gasteiger partial charge in [-0.2, -0.15) is 23.4 Å². The molecule has 0 fully saturated rings. The minimum absolute atomic E-state index is 0.156. The topological polar surface area (TPSA) is 92.4 Å². The standard InChI is InChI=1S/C24H19F4N3O3S/c25-19-12-21(34-15-24(26,27)28)14-23(13-19)35(32,33)22-5-2-17(3-6-22)1-4-20(31-16-29)11-18-7-9-30-10-8-18/h2-3,5-10,12-14H,1,4,11,15H2. The number of aryl methyl sites for hydroxylation is 1. The number of ether oxygens (including phenoxy) is 1. The van der Waals surface area contributed by atoms with E-state index in [0.717, 1.165) is 17.2 Å². The summed E-state index contributed by atoms with van der Waals surface area (Å²) < 4.78 is 81.3. The maximum absolute atomic E-state index is 13.9. The average Bonchev–Trinajstić information content (AvgIpc) is 2.81. The molecular weight excluding hydrogens is 486 g/mol. The van der Waals surface area contributed by atoms with Crippen LogP contribution in [0.15, 0.2) is 81.8 Å². The Bertz CT molecular complexity index is 1340. The van der Waals surface area contributed by atoms with Crippen molar-refractivity contribution in [2.24, 2.45) is 4.99 Å². The third-order valence-corrected chi connectivity index (χ3v) is 6.61. The monoisotopic (exact) mass is 505 g/mol. The zero-order valence-corrected chi connectivity index (χ0v) is 19.0. The SMILES string of the molecule is N#CN=C(CCc1ccc(S(=O)(=O)c2cc(F)cc(OCC(F)(F)F)c2)cc1)Cc1ccncc1. The summed E-state index contributed by atoms with van der Waals surface area (Å²) in [7, 11) is -4.21. The van der Waals surface area contributed by atoms with Crippen LogP contribution in [-0.2, 0) is 22.7 Å². The number of aliphatic imine (C=N–C) groups is 1. The van der Waals surface area contributed by atoms with E-state index in [1.54, 1.807) is 30.7 Å². The van der Waals surface area contributed by atoms with Crippen LogP contribution >= 0.6 is 0 Å². The Morgan fingerprint density at radius 1 is 1.00 bits per heavy atom. The van der Waals surface area contributed by atoms with Gasteiger partial charge in [0.15, 0.2) is 6.61 Å². The Labute approximate surface area is 199 Å². The van der Waals surface area contributed by atoms with Gasteiger partial charge in [-0.25, -0.2) is 12.8 Å². The van der Waals surface area contributed by atoms with E-state index in [0.29, 0.717) is 37.1 Å². The molecule has 6 nitrogen and oxygen atoms in total. The second kappa shape index (κ2) is 11.1. The summed E-state index contributed by atoms with van der Waals surface area (Å²) >= 11 is 0. The smallest absolute Gasteiger partial charge is 0.422 e. The van der Waals surface area contributed by atoms with Crippen molar-refractivity contribution in [2.75, 3.05) is 6.61 Å². The maximum atomic E-state index is 13.9. The van der Waals surface area contributed by atoms with E-state index in [2.05, 4.69) is 14.7 Å². The van der Waals surface area contributed by atoms with E-state index in [9.17, 15) is 26.0 Å². The normalized spacial score (nSPS) is 12.3. The molecule has 0 aliphatic heterocycles. The second-order valence-corrected chi connectivity index (χ2v) is 9.43. The predicted octanol–water partition coefficient (Wildman–Crippen LogP) is 5.09. The lowest BCUT2D eigenvalue weighted by Crippen LogP contribution is -2.19. The van der Waals surface area contributed by atoms with E-state index < -0.39 is 39.1 Å². The number of hydrogen-bond donors (Lipinski definition) is 0. The van der Waals surface area contributed by atoms with Gasteiger partial charge in [0, 0.05) is 30.6 Å². The van der Waals surface area contributed by atoms with Crippen LogP contribution in [0.4, 0.5) is 17.6 Å². The van der Waals surface area contributed by atoms with E-state index >= 15 is 0 Å². The minimum Gasteiger partial charge on any atom is -0.484 e. The zero-order valence-electron chi connectivity index (χ0n) is 18.2. The van der Waals surface area contributed by atoms with Gasteiger partial charge in [0.1, 0.15) is 11.6 Å². The molecule has 3 aromatic rings. The van der Waals surface area contributed by atoms with Crippen molar-refractivity contribution in [1.29, 1.82) is 5.26 Å². The number of nitriles is 1. The highest BCUT2D eigenvalue weighted by Crippen LogP contribution is 2.27. The fourth-order valence-electron chi connectivity index (χ4n) is 3.19. The summed E-state index contributed by atoms with van der Waals surface area (Å²) in [5.41, 5.74) is 2.38. The first-order valence-corrected chi connectivity index (χ1v) is 11.7. The van der Waals surface area contributed by atoms with Crippen LogP contribution in [0.1, 0.15) is 17.5 Å². The minimum atomic E-state index is -4.66. The zero-order chi connectivity index (χ0) is 25.5. The summed E-state index contributed by atoms with van der Waals surface area (Å²) in [6.45, 7) is -1.68. The summed E-state index contributed by atoms with van der Waals surface area (Å²) in [6, 6.07) is 11.7. The molecule has 0 saturated heterocycles. The Morgan fingerprint density at radius 2 is 1.69 bits per heavy atom. The lowest BCUT2D eigenvalue weighted by molar-refractivity contribution is -0.153. The Kier molecular flexibility index (Phi) is 8.19. The third-order valence-electron chi connectivity index (χ3n) is 4.86. The van der Waals surface area contributed by atoms with Gasteiger partial charge >= 0.3 is 6.18 Å². The van der Waals surface area contributed by atoms with Crippen molar-refractivity contribution in [3.05, 3.63) is 83.9 Å². The van der Waals surface area contributed by atoms with Crippen molar-refractivity contribution < 1.29 is 30.7 Å². The fourth-order valence-corrected chi connectivity index (χ4v) is 4.50. The molecule has 0 spiro atoms. The van der Waals surface area contributed by atoms with Crippen molar-refractivity contribution in [2.45, 2.75) is 35.2 Å². The van der Waals surface area contributed by atoms with Crippen LogP contribution < -0.4 is 4.74 Å². The first kappa shape index (κ1) is 25.8. The Hall–Kier alpha value is -3.78. The number of hydrogen-bond acceptors (Lipinski definition) is 6. The molecule has 0 saturated carbocycles. The molecule has 0 unspecified atom stereocenters. The molecule has 0 N–H and O–H groups in total. The Balaban J connectivity index is 1.72. The number of aromatic nitrogens is 1. The van der Waals surface area contributed by atoms with Crippen molar-refractivity contribution in [1.82, 2.24) is 4.98 Å². The molecule has 3 rings (SSSR count). The molecule has 182 valence electrons. The van der Waals surface area contributed by atoms with Crippen LogP contribution in [0.25, 0.3) is 0 Å². The van der Waals surface area contributed by atoms with E-state index in [1.165, 1.54) is 12.1 Å². The average molecular weight is 505 g/mol. The first-order chi connectivity index (χ1) is 16.6. The lowest BCUT2D eigenvalue weighted by atomic mass is 10.0. The van der Waals surface area contributed by atoms with Crippen LogP contribution in [0.2, 0.25) is 0 Å². The number of alkyl halides is 3. The molecule has 0 bridgehead atoms. The number of sulfone groups is 1. The molecule has 2 aromatic carbocycles. The largest absolute Gasteiger partial charge is 0.484 e. The van der Waals surface area contributed by atoms with Gasteiger partial charge in [-0.15, -0.1) is 0 Å². The van der Waals surface area contributed by atoms with Crippen LogP contribution in [0, 0.1) is 17.3 Å². The summed E-state index contributed by atoms with van der Waals surface area (Å²) in [4.78, 5) is 7.13. The summed E-state index contributed by atoms with van der Waals surface area (Å²) in [6.07, 6.45) is 1.84. The number of halogens is 4. The molecule has 11 heteroatoms. The maximum Gasteiger partial charge on any atom is 0.422 e. The van der Waals surface area contributed by atoms with Gasteiger partial charge in [0.25, 0.3) is 0 Å². The molecule has 0 aliphatic rings. The molecule has 0 atom stereocenters. The van der Waals surface area contributed by atoms with Crippen molar-refractivity contribution in [3.63, 3.8) is 0 Å². The molecule has 0 radical (unpaired) electrons. The van der Waals surface area contributed by atoms with Gasteiger partial charge in [-0.3, -0.25) is 4.98 Å². The van der Waals surface area contributed by atoms with E-state index in [-0.39, 0.29) is 4.90 Å². The number of nitrogens with zero attached hydrogens (tertiary/aromatic N) is 3. The van der Waals surface area contributed by atoms with E-state index in [1.807, 2.05) is 12.1 Å². The fraction of sp³-hybridized carbons (Fsp3) is 0.208. The number of pyridine rings is 1.